The van der Waals surface area contributed by atoms with Crippen molar-refractivity contribution in [1.29, 1.82) is 0 Å². The first-order valence-electron chi connectivity index (χ1n) is 3.63. The van der Waals surface area contributed by atoms with Crippen LogP contribution < -0.4 is 0 Å². The molecule has 0 radical (unpaired) electrons. The van der Waals surface area contributed by atoms with Gasteiger partial charge in [0.05, 0.1) is 5.57 Å². The normalized spacial score (nSPS) is 26.8. The topological polar surface area (TPSA) is 77.8 Å². The van der Waals surface area contributed by atoms with Gasteiger partial charge in [-0.05, 0) is 6.08 Å². The van der Waals surface area contributed by atoms with Crippen LogP contribution in [0.25, 0.3) is 0 Å². The van der Waals surface area contributed by atoms with Crippen LogP contribution in [0.5, 0.6) is 0 Å². The molecule has 1 atom stereocenters. The lowest BCUT2D eigenvalue weighted by atomic mass is 9.65. The van der Waals surface area contributed by atoms with Crippen molar-refractivity contribution in [3.63, 3.8) is 0 Å². The predicted molar refractivity (Wildman–Crippen MR) is 43.5 cm³/mol. The molecule has 4 nitrogen and oxygen atoms in total. The molecule has 1 aliphatic rings. The van der Waals surface area contributed by atoms with Gasteiger partial charge in [0.25, 0.3) is 0 Å². The van der Waals surface area contributed by atoms with Crippen molar-refractivity contribution >= 4 is 13.1 Å². The Bertz CT molecular complexity index is 286. The molecule has 13 heavy (non-hydrogen) atoms. The average molecular weight is 186 g/mol. The van der Waals surface area contributed by atoms with E-state index in [9.17, 15) is 9.18 Å². The minimum Gasteiger partial charge on any atom is -0.478 e. The quantitative estimate of drug-likeness (QED) is 0.516. The van der Waals surface area contributed by atoms with Gasteiger partial charge in [0.1, 0.15) is 0 Å². The van der Waals surface area contributed by atoms with Gasteiger partial charge in [-0.1, -0.05) is 12.2 Å². The van der Waals surface area contributed by atoms with Gasteiger partial charge in [0.2, 0.25) is 0 Å². The van der Waals surface area contributed by atoms with Gasteiger partial charge in [-0.25, -0.2) is 9.18 Å². The third kappa shape index (κ3) is 1.96. The zero-order valence-electron chi connectivity index (χ0n) is 6.64. The third-order valence-electron chi connectivity index (χ3n) is 1.80. The Labute approximate surface area is 74.1 Å². The monoisotopic (exact) mass is 186 g/mol. The third-order valence-corrected chi connectivity index (χ3v) is 1.80. The molecule has 0 saturated heterocycles. The number of carboxylic acids is 1. The van der Waals surface area contributed by atoms with Crippen LogP contribution in [0.15, 0.2) is 23.8 Å². The van der Waals surface area contributed by atoms with Crippen LogP contribution in [0.2, 0.25) is 0 Å². The molecule has 0 aliphatic heterocycles. The Morgan fingerprint density at radius 1 is 1.62 bits per heavy atom. The first kappa shape index (κ1) is 9.95. The molecule has 0 spiro atoms. The highest BCUT2D eigenvalue weighted by Crippen LogP contribution is 2.26. The van der Waals surface area contributed by atoms with E-state index in [2.05, 4.69) is 0 Å². The fourth-order valence-corrected chi connectivity index (χ4v) is 1.05. The summed E-state index contributed by atoms with van der Waals surface area (Å²) >= 11 is 0. The minimum atomic E-state index is -2.39. The first-order chi connectivity index (χ1) is 5.96. The van der Waals surface area contributed by atoms with Gasteiger partial charge >= 0.3 is 13.1 Å². The van der Waals surface area contributed by atoms with E-state index >= 15 is 0 Å². The van der Waals surface area contributed by atoms with Gasteiger partial charge in [0.15, 0.2) is 5.57 Å². The first-order valence-corrected chi connectivity index (χ1v) is 3.63. The van der Waals surface area contributed by atoms with Crippen molar-refractivity contribution in [1.82, 2.24) is 0 Å². The van der Waals surface area contributed by atoms with Crippen molar-refractivity contribution < 1.29 is 24.3 Å². The molecule has 1 rings (SSSR count). The summed E-state index contributed by atoms with van der Waals surface area (Å²) in [6.07, 6.45) is 2.95. The number of rotatable bonds is 2. The minimum absolute atomic E-state index is 0.235. The summed E-state index contributed by atoms with van der Waals surface area (Å²) in [5, 5.41) is 25.8. The number of aliphatic carboxylic acids is 1. The molecular weight excluding hydrogens is 178 g/mol. The number of carbonyl (C=O) groups is 1. The Morgan fingerprint density at radius 2 is 2.23 bits per heavy atom. The van der Waals surface area contributed by atoms with E-state index in [0.29, 0.717) is 6.08 Å². The molecule has 0 fully saturated rings. The lowest BCUT2D eigenvalue weighted by Crippen LogP contribution is -2.41. The number of halogens is 1. The van der Waals surface area contributed by atoms with Gasteiger partial charge < -0.3 is 15.2 Å². The Hall–Kier alpha value is -1.14. The van der Waals surface area contributed by atoms with Gasteiger partial charge in [0, 0.05) is 6.42 Å². The lowest BCUT2D eigenvalue weighted by Gasteiger charge is -2.21. The highest BCUT2D eigenvalue weighted by molar-refractivity contribution is 6.46. The molecular formula is C7H8BFO4. The second-order valence-corrected chi connectivity index (χ2v) is 2.81. The van der Waals surface area contributed by atoms with Crippen LogP contribution in [-0.4, -0.2) is 33.8 Å². The van der Waals surface area contributed by atoms with E-state index in [1.54, 1.807) is 0 Å². The van der Waals surface area contributed by atoms with E-state index < -0.39 is 18.7 Å². The summed E-state index contributed by atoms with van der Waals surface area (Å²) in [5.41, 5.74) is -2.66. The van der Waals surface area contributed by atoms with Crippen LogP contribution >= 0.6 is 0 Å². The summed E-state index contributed by atoms with van der Waals surface area (Å²) in [5.74, 6) is -1.29. The zero-order valence-corrected chi connectivity index (χ0v) is 6.64. The number of alkyl halides is 1. The molecule has 0 aromatic rings. The van der Waals surface area contributed by atoms with Crippen LogP contribution in [0, 0.1) is 0 Å². The van der Waals surface area contributed by atoms with Crippen LogP contribution in [-0.2, 0) is 4.79 Å². The molecule has 0 saturated carbocycles. The Kier molecular flexibility index (Phi) is 2.54. The molecule has 70 valence electrons. The van der Waals surface area contributed by atoms with Crippen molar-refractivity contribution in [3.8, 4) is 0 Å². The predicted octanol–water partition coefficient (Wildman–Crippen LogP) is -0.322. The maximum absolute atomic E-state index is 13.4. The summed E-state index contributed by atoms with van der Waals surface area (Å²) < 4.78 is 13.4. The van der Waals surface area contributed by atoms with Crippen molar-refractivity contribution in [3.05, 3.63) is 23.8 Å². The molecule has 0 aromatic carbocycles. The van der Waals surface area contributed by atoms with E-state index in [0.717, 1.165) is 0 Å². The van der Waals surface area contributed by atoms with E-state index in [-0.39, 0.29) is 12.0 Å². The summed E-state index contributed by atoms with van der Waals surface area (Å²) in [6, 6.07) is 0. The van der Waals surface area contributed by atoms with Gasteiger partial charge in [-0.3, -0.25) is 0 Å². The molecule has 0 heterocycles. The second-order valence-electron chi connectivity index (χ2n) is 2.81. The van der Waals surface area contributed by atoms with E-state index in [1.165, 1.54) is 12.2 Å². The van der Waals surface area contributed by atoms with Crippen molar-refractivity contribution in [2.45, 2.75) is 12.0 Å². The fraction of sp³-hybridized carbons (Fsp3) is 0.286. The summed E-state index contributed by atoms with van der Waals surface area (Å²) in [6.45, 7) is 0. The SMILES string of the molecule is O=C(O)C1=CC(F)(B(O)O)CC=C1. The number of allylic oxidation sites excluding steroid dienone is 2. The van der Waals surface area contributed by atoms with Crippen LogP contribution in [0.4, 0.5) is 4.39 Å². The number of hydrogen-bond acceptors (Lipinski definition) is 3. The van der Waals surface area contributed by atoms with E-state index in [1.807, 2.05) is 0 Å². The summed E-state index contributed by atoms with van der Waals surface area (Å²) in [4.78, 5) is 10.4. The van der Waals surface area contributed by atoms with Crippen molar-refractivity contribution in [2.24, 2.45) is 0 Å². The maximum atomic E-state index is 13.4. The molecule has 1 aliphatic carbocycles. The zero-order chi connectivity index (χ0) is 10.1. The molecule has 3 N–H and O–H groups in total. The average Bonchev–Trinajstić information content (AvgIpc) is 2.04. The molecule has 1 unspecified atom stereocenters. The molecule has 0 amide bonds. The fourth-order valence-electron chi connectivity index (χ4n) is 1.05. The smallest absolute Gasteiger partial charge is 0.478 e. The highest BCUT2D eigenvalue weighted by atomic mass is 19.1. The van der Waals surface area contributed by atoms with Gasteiger partial charge in [-0.15, -0.1) is 0 Å². The summed E-state index contributed by atoms with van der Waals surface area (Å²) in [7, 11) is -2.20. The number of hydrogen-bond donors (Lipinski definition) is 3. The largest absolute Gasteiger partial charge is 0.496 e. The Morgan fingerprint density at radius 3 is 2.69 bits per heavy atom. The van der Waals surface area contributed by atoms with E-state index in [4.69, 9.17) is 15.2 Å². The standard InChI is InChI=1S/C7H8BFO4/c9-7(8(12)13)3-1-2-5(4-7)6(10)11/h1-2,4,12-13H,3H2,(H,10,11). The van der Waals surface area contributed by atoms with Crippen molar-refractivity contribution in [2.75, 3.05) is 0 Å². The number of carboxylic acid groups (broad SMARTS) is 1. The second kappa shape index (κ2) is 3.31. The molecule has 0 bridgehead atoms. The lowest BCUT2D eigenvalue weighted by molar-refractivity contribution is -0.132. The highest BCUT2D eigenvalue weighted by Gasteiger charge is 2.41. The van der Waals surface area contributed by atoms with Gasteiger partial charge in [-0.2, -0.15) is 0 Å². The molecule has 6 heteroatoms. The Balaban J connectivity index is 2.96. The van der Waals surface area contributed by atoms with Crippen LogP contribution in [0.3, 0.4) is 0 Å². The van der Waals surface area contributed by atoms with Crippen LogP contribution in [0.1, 0.15) is 6.42 Å². The molecule has 0 aromatic heterocycles. The maximum Gasteiger partial charge on any atom is 0.496 e.